The van der Waals surface area contributed by atoms with Crippen molar-refractivity contribution >= 4 is 0 Å². The summed E-state index contributed by atoms with van der Waals surface area (Å²) in [5.74, 6) is 1.99. The minimum atomic E-state index is 0.579. The van der Waals surface area contributed by atoms with Crippen LogP contribution in [0.5, 0.6) is 17.4 Å². The molecule has 2 rings (SSSR count). The highest BCUT2D eigenvalue weighted by molar-refractivity contribution is 5.44. The molecule has 0 saturated carbocycles. The minimum Gasteiger partial charge on any atom is -0.493 e. The zero-order chi connectivity index (χ0) is 15.2. The molecule has 0 aliphatic carbocycles. The van der Waals surface area contributed by atoms with Gasteiger partial charge in [0.25, 0.3) is 0 Å². The van der Waals surface area contributed by atoms with Crippen LogP contribution in [0.2, 0.25) is 0 Å². The zero-order valence-corrected chi connectivity index (χ0v) is 13.1. The average molecular weight is 286 g/mol. The number of benzene rings is 1. The second-order valence-corrected chi connectivity index (χ2v) is 4.87. The van der Waals surface area contributed by atoms with E-state index in [2.05, 4.69) is 17.2 Å². The highest BCUT2D eigenvalue weighted by Crippen LogP contribution is 2.32. The van der Waals surface area contributed by atoms with Crippen molar-refractivity contribution in [2.24, 2.45) is 0 Å². The van der Waals surface area contributed by atoms with Gasteiger partial charge in [0, 0.05) is 18.3 Å². The number of aromatic nitrogens is 1. The summed E-state index contributed by atoms with van der Waals surface area (Å²) in [6, 6.07) is 9.88. The van der Waals surface area contributed by atoms with Crippen molar-refractivity contribution in [1.29, 1.82) is 0 Å². The molecule has 0 aliphatic rings. The third-order valence-electron chi connectivity index (χ3n) is 3.39. The number of pyridine rings is 1. The smallest absolute Gasteiger partial charge is 0.219 e. The molecule has 21 heavy (non-hydrogen) atoms. The van der Waals surface area contributed by atoms with Crippen LogP contribution < -0.4 is 14.8 Å². The van der Waals surface area contributed by atoms with Gasteiger partial charge in [0.1, 0.15) is 0 Å². The first-order valence-corrected chi connectivity index (χ1v) is 7.13. The molecular formula is C17H22N2O2. The summed E-state index contributed by atoms with van der Waals surface area (Å²) in [5.41, 5.74) is 3.34. The van der Waals surface area contributed by atoms with Crippen LogP contribution >= 0.6 is 0 Å². The van der Waals surface area contributed by atoms with Gasteiger partial charge in [-0.25, -0.2) is 4.98 Å². The van der Waals surface area contributed by atoms with E-state index in [0.717, 1.165) is 30.0 Å². The van der Waals surface area contributed by atoms with E-state index in [1.165, 1.54) is 5.56 Å². The standard InChI is InChI=1S/C17H22N2O2/c1-5-13-6-8-15(16(10-13)20-4)21-17-9-7-14(11-18-3)12(2)19-17/h6-10,18H,5,11H2,1-4H3. The summed E-state index contributed by atoms with van der Waals surface area (Å²) in [6.45, 7) is 4.89. The molecule has 0 saturated heterocycles. The van der Waals surface area contributed by atoms with Gasteiger partial charge in [-0.1, -0.05) is 19.1 Å². The van der Waals surface area contributed by atoms with Gasteiger partial charge in [0.05, 0.1) is 7.11 Å². The van der Waals surface area contributed by atoms with E-state index in [1.807, 2.05) is 44.3 Å². The van der Waals surface area contributed by atoms with Crippen LogP contribution in [0.4, 0.5) is 0 Å². The summed E-state index contributed by atoms with van der Waals surface area (Å²) < 4.78 is 11.2. The second kappa shape index (κ2) is 7.09. The summed E-state index contributed by atoms with van der Waals surface area (Å²) in [4.78, 5) is 4.49. The molecule has 1 heterocycles. The van der Waals surface area contributed by atoms with E-state index in [-0.39, 0.29) is 0 Å². The van der Waals surface area contributed by atoms with Crippen molar-refractivity contribution in [3.8, 4) is 17.4 Å². The first kappa shape index (κ1) is 15.3. The predicted octanol–water partition coefficient (Wildman–Crippen LogP) is 3.47. The van der Waals surface area contributed by atoms with Crippen molar-refractivity contribution in [3.05, 3.63) is 47.2 Å². The molecule has 4 nitrogen and oxygen atoms in total. The summed E-state index contributed by atoms with van der Waals surface area (Å²) in [5, 5.41) is 3.12. The van der Waals surface area contributed by atoms with E-state index in [4.69, 9.17) is 9.47 Å². The van der Waals surface area contributed by atoms with E-state index in [0.29, 0.717) is 11.6 Å². The number of ether oxygens (including phenoxy) is 2. The fraction of sp³-hybridized carbons (Fsp3) is 0.353. The Bertz CT molecular complexity index is 612. The summed E-state index contributed by atoms with van der Waals surface area (Å²) >= 11 is 0. The SMILES string of the molecule is CCc1ccc(Oc2ccc(CNC)c(C)n2)c(OC)c1. The zero-order valence-electron chi connectivity index (χ0n) is 13.1. The van der Waals surface area contributed by atoms with E-state index >= 15 is 0 Å². The Morgan fingerprint density at radius 1 is 1.14 bits per heavy atom. The lowest BCUT2D eigenvalue weighted by Gasteiger charge is -2.12. The van der Waals surface area contributed by atoms with Crippen molar-refractivity contribution in [1.82, 2.24) is 10.3 Å². The normalized spacial score (nSPS) is 10.5. The maximum absolute atomic E-state index is 5.86. The molecule has 1 aromatic heterocycles. The van der Waals surface area contributed by atoms with Crippen molar-refractivity contribution in [3.63, 3.8) is 0 Å². The number of rotatable bonds is 6. The third-order valence-corrected chi connectivity index (χ3v) is 3.39. The number of aryl methyl sites for hydroxylation is 2. The maximum atomic E-state index is 5.86. The molecule has 0 amide bonds. The molecule has 1 N–H and O–H groups in total. The largest absolute Gasteiger partial charge is 0.493 e. The Morgan fingerprint density at radius 2 is 1.95 bits per heavy atom. The Morgan fingerprint density at radius 3 is 2.57 bits per heavy atom. The number of nitrogens with one attached hydrogen (secondary N) is 1. The number of nitrogens with zero attached hydrogens (tertiary/aromatic N) is 1. The van der Waals surface area contributed by atoms with Gasteiger partial charge in [0.2, 0.25) is 5.88 Å². The van der Waals surface area contributed by atoms with Gasteiger partial charge < -0.3 is 14.8 Å². The van der Waals surface area contributed by atoms with Crippen LogP contribution in [-0.4, -0.2) is 19.1 Å². The molecule has 0 spiro atoms. The fourth-order valence-corrected chi connectivity index (χ4v) is 2.13. The van der Waals surface area contributed by atoms with Crippen LogP contribution in [0.3, 0.4) is 0 Å². The van der Waals surface area contributed by atoms with Crippen LogP contribution in [0.1, 0.15) is 23.7 Å². The Hall–Kier alpha value is -2.07. The molecule has 0 radical (unpaired) electrons. The number of hydrogen-bond donors (Lipinski definition) is 1. The third kappa shape index (κ3) is 3.73. The van der Waals surface area contributed by atoms with Crippen LogP contribution in [0, 0.1) is 6.92 Å². The van der Waals surface area contributed by atoms with E-state index in [1.54, 1.807) is 7.11 Å². The molecular weight excluding hydrogens is 264 g/mol. The van der Waals surface area contributed by atoms with Gasteiger partial charge in [-0.15, -0.1) is 0 Å². The fourth-order valence-electron chi connectivity index (χ4n) is 2.13. The van der Waals surface area contributed by atoms with Crippen molar-refractivity contribution in [2.75, 3.05) is 14.2 Å². The molecule has 0 atom stereocenters. The van der Waals surface area contributed by atoms with Crippen LogP contribution in [-0.2, 0) is 13.0 Å². The topological polar surface area (TPSA) is 43.4 Å². The van der Waals surface area contributed by atoms with Crippen molar-refractivity contribution < 1.29 is 9.47 Å². The van der Waals surface area contributed by atoms with Gasteiger partial charge in [-0.2, -0.15) is 0 Å². The van der Waals surface area contributed by atoms with Crippen LogP contribution in [0.25, 0.3) is 0 Å². The first-order chi connectivity index (χ1) is 10.2. The lowest BCUT2D eigenvalue weighted by atomic mass is 10.1. The average Bonchev–Trinajstić information content (AvgIpc) is 2.50. The van der Waals surface area contributed by atoms with Crippen molar-refractivity contribution in [2.45, 2.75) is 26.8 Å². The van der Waals surface area contributed by atoms with Gasteiger partial charge in [-0.05, 0) is 43.7 Å². The molecule has 0 bridgehead atoms. The molecule has 0 fully saturated rings. The lowest BCUT2D eigenvalue weighted by molar-refractivity contribution is 0.373. The lowest BCUT2D eigenvalue weighted by Crippen LogP contribution is -2.07. The second-order valence-electron chi connectivity index (χ2n) is 4.87. The Labute approximate surface area is 126 Å². The van der Waals surface area contributed by atoms with Crippen LogP contribution in [0.15, 0.2) is 30.3 Å². The molecule has 112 valence electrons. The molecule has 0 aliphatic heterocycles. The molecule has 4 heteroatoms. The highest BCUT2D eigenvalue weighted by atomic mass is 16.5. The van der Waals surface area contributed by atoms with E-state index < -0.39 is 0 Å². The monoisotopic (exact) mass is 286 g/mol. The quantitative estimate of drug-likeness (QED) is 0.883. The highest BCUT2D eigenvalue weighted by Gasteiger charge is 2.08. The molecule has 0 unspecified atom stereocenters. The van der Waals surface area contributed by atoms with Gasteiger partial charge in [-0.3, -0.25) is 0 Å². The molecule has 1 aromatic carbocycles. The Balaban J connectivity index is 2.23. The summed E-state index contributed by atoms with van der Waals surface area (Å²) in [6.07, 6.45) is 0.965. The van der Waals surface area contributed by atoms with Gasteiger partial charge >= 0.3 is 0 Å². The van der Waals surface area contributed by atoms with Gasteiger partial charge in [0.15, 0.2) is 11.5 Å². The van der Waals surface area contributed by atoms with E-state index in [9.17, 15) is 0 Å². The maximum Gasteiger partial charge on any atom is 0.219 e. The molecule has 2 aromatic rings. The minimum absolute atomic E-state index is 0.579. The number of hydrogen-bond acceptors (Lipinski definition) is 4. The summed E-state index contributed by atoms with van der Waals surface area (Å²) in [7, 11) is 3.57. The predicted molar refractivity (Wildman–Crippen MR) is 84.2 cm³/mol. The first-order valence-electron chi connectivity index (χ1n) is 7.13. The number of methoxy groups -OCH3 is 1. The Kier molecular flexibility index (Phi) is 5.17.